The highest BCUT2D eigenvalue weighted by atomic mass is 35.5. The van der Waals surface area contributed by atoms with E-state index in [4.69, 9.17) is 27.9 Å². The number of ether oxygens (including phenoxy) is 1. The molecule has 1 amide bonds. The third-order valence-electron chi connectivity index (χ3n) is 3.75. The zero-order valence-corrected chi connectivity index (χ0v) is 17.1. The summed E-state index contributed by atoms with van der Waals surface area (Å²) >= 11 is 13.7. The molecule has 1 aromatic heterocycles. The maximum Gasteiger partial charge on any atom is 0.261 e. The van der Waals surface area contributed by atoms with Crippen molar-refractivity contribution in [2.24, 2.45) is 0 Å². The Morgan fingerprint density at radius 1 is 1.42 bits per heavy atom. The quantitative estimate of drug-likeness (QED) is 0.684. The minimum Gasteiger partial charge on any atom is -0.380 e. The number of anilines is 1. The largest absolute Gasteiger partial charge is 0.380 e. The Kier molecular flexibility index (Phi) is 7.30. The van der Waals surface area contributed by atoms with Gasteiger partial charge in [-0.05, 0) is 25.1 Å². The minimum atomic E-state index is -0.276. The van der Waals surface area contributed by atoms with Gasteiger partial charge in [-0.2, -0.15) is 5.26 Å². The number of thiophene rings is 1. The van der Waals surface area contributed by atoms with Gasteiger partial charge in [-0.3, -0.25) is 4.79 Å². The summed E-state index contributed by atoms with van der Waals surface area (Å²) in [5.74, 6) is -0.276. The first kappa shape index (κ1) is 20.5. The Labute approximate surface area is 167 Å². The lowest BCUT2D eigenvalue weighted by atomic mass is 10.0. The Balaban J connectivity index is 2.64. The average Bonchev–Trinajstić information content (AvgIpc) is 3.02. The van der Waals surface area contributed by atoms with Crippen LogP contribution in [-0.2, 0) is 4.74 Å². The number of halogens is 2. The number of benzene rings is 1. The molecule has 138 valence electrons. The molecule has 8 heteroatoms. The second kappa shape index (κ2) is 9.24. The Bertz CT molecular complexity index is 846. The van der Waals surface area contributed by atoms with Crippen LogP contribution in [0.15, 0.2) is 18.2 Å². The third-order valence-corrected chi connectivity index (χ3v) is 5.62. The van der Waals surface area contributed by atoms with Crippen molar-refractivity contribution < 1.29 is 9.53 Å². The number of carbonyl (C=O) groups excluding carboxylic acids is 1. The van der Waals surface area contributed by atoms with Crippen molar-refractivity contribution in [2.75, 3.05) is 38.8 Å². The van der Waals surface area contributed by atoms with E-state index >= 15 is 0 Å². The van der Waals surface area contributed by atoms with E-state index in [-0.39, 0.29) is 5.91 Å². The van der Waals surface area contributed by atoms with Gasteiger partial charge in [0.1, 0.15) is 15.9 Å². The zero-order chi connectivity index (χ0) is 19.3. The molecule has 5 nitrogen and oxygen atoms in total. The van der Waals surface area contributed by atoms with Crippen molar-refractivity contribution >= 4 is 45.4 Å². The highest BCUT2D eigenvalue weighted by molar-refractivity contribution is 7.18. The van der Waals surface area contributed by atoms with Crippen LogP contribution in [0.4, 0.5) is 5.00 Å². The van der Waals surface area contributed by atoms with Gasteiger partial charge in [-0.25, -0.2) is 0 Å². The number of nitriles is 1. The summed E-state index contributed by atoms with van der Waals surface area (Å²) in [6, 6.07) is 7.22. The molecule has 0 atom stereocenters. The van der Waals surface area contributed by atoms with Crippen molar-refractivity contribution in [3.63, 3.8) is 0 Å². The van der Waals surface area contributed by atoms with Gasteiger partial charge < -0.3 is 15.0 Å². The van der Waals surface area contributed by atoms with Crippen molar-refractivity contribution in [3.8, 4) is 17.2 Å². The number of hydrogen-bond acceptors (Lipinski definition) is 5. The molecule has 0 bridgehead atoms. The number of hydrogen-bond donors (Lipinski definition) is 1. The normalized spacial score (nSPS) is 10.5. The summed E-state index contributed by atoms with van der Waals surface area (Å²) in [7, 11) is 3.42. The van der Waals surface area contributed by atoms with E-state index in [9.17, 15) is 10.1 Å². The first-order chi connectivity index (χ1) is 12.4. The molecule has 0 aliphatic carbocycles. The molecule has 0 aliphatic rings. The van der Waals surface area contributed by atoms with Gasteiger partial charge in [-0.15, -0.1) is 11.3 Å². The van der Waals surface area contributed by atoms with E-state index in [0.29, 0.717) is 56.4 Å². The molecule has 0 aliphatic heterocycles. The molecular formula is C18H19Cl2N3O2S. The molecule has 0 unspecified atom stereocenters. The molecular weight excluding hydrogens is 393 g/mol. The topological polar surface area (TPSA) is 65.4 Å². The van der Waals surface area contributed by atoms with Gasteiger partial charge in [0.05, 0.1) is 12.2 Å². The Hall–Kier alpha value is -1.78. The smallest absolute Gasteiger partial charge is 0.261 e. The molecule has 0 radical (unpaired) electrons. The summed E-state index contributed by atoms with van der Waals surface area (Å²) in [6.07, 6.45) is 0. The molecule has 26 heavy (non-hydrogen) atoms. The van der Waals surface area contributed by atoms with Crippen molar-refractivity contribution in [1.82, 2.24) is 5.32 Å². The molecule has 0 saturated heterocycles. The maximum absolute atomic E-state index is 12.4. The van der Waals surface area contributed by atoms with Crippen LogP contribution in [0.2, 0.25) is 10.0 Å². The van der Waals surface area contributed by atoms with Crippen molar-refractivity contribution in [2.45, 2.75) is 6.92 Å². The Morgan fingerprint density at radius 3 is 2.77 bits per heavy atom. The van der Waals surface area contributed by atoms with Crippen LogP contribution in [0.5, 0.6) is 0 Å². The zero-order valence-electron chi connectivity index (χ0n) is 14.7. The van der Waals surface area contributed by atoms with Crippen molar-refractivity contribution in [3.05, 3.63) is 38.7 Å². The second-order valence-corrected chi connectivity index (χ2v) is 7.26. The second-order valence-electron chi connectivity index (χ2n) is 5.42. The van der Waals surface area contributed by atoms with Crippen LogP contribution in [0, 0.1) is 11.3 Å². The van der Waals surface area contributed by atoms with Crippen LogP contribution < -0.4 is 10.2 Å². The average molecular weight is 412 g/mol. The first-order valence-corrected chi connectivity index (χ1v) is 9.55. The summed E-state index contributed by atoms with van der Waals surface area (Å²) in [5.41, 5.74) is 1.47. The van der Waals surface area contributed by atoms with Gasteiger partial charge in [0.2, 0.25) is 0 Å². The number of nitrogens with one attached hydrogen (secondary N) is 1. The van der Waals surface area contributed by atoms with Gasteiger partial charge in [0.25, 0.3) is 5.91 Å². The van der Waals surface area contributed by atoms with Gasteiger partial charge in [-0.1, -0.05) is 23.2 Å². The lowest BCUT2D eigenvalue weighted by Gasteiger charge is -2.17. The SMILES string of the molecule is CCOCCN(C)c1sc(C(=O)NC)c(-c2cc(Cl)ccc2Cl)c1C#N. The summed E-state index contributed by atoms with van der Waals surface area (Å²) in [5, 5.41) is 14.0. The molecule has 0 saturated carbocycles. The number of carbonyl (C=O) groups is 1. The fraction of sp³-hybridized carbons (Fsp3) is 0.333. The molecule has 1 N–H and O–H groups in total. The van der Waals surface area contributed by atoms with Gasteiger partial charge >= 0.3 is 0 Å². The lowest BCUT2D eigenvalue weighted by Crippen LogP contribution is -2.22. The fourth-order valence-electron chi connectivity index (χ4n) is 2.46. The first-order valence-electron chi connectivity index (χ1n) is 7.97. The lowest BCUT2D eigenvalue weighted by molar-refractivity contribution is 0.0967. The van der Waals surface area contributed by atoms with E-state index in [2.05, 4.69) is 11.4 Å². The summed E-state index contributed by atoms with van der Waals surface area (Å²) in [4.78, 5) is 14.8. The monoisotopic (exact) mass is 411 g/mol. The van der Waals surface area contributed by atoms with E-state index in [1.54, 1.807) is 25.2 Å². The molecule has 0 fully saturated rings. The van der Waals surface area contributed by atoms with Crippen LogP contribution in [0.3, 0.4) is 0 Å². The van der Waals surface area contributed by atoms with E-state index in [0.717, 1.165) is 0 Å². The van der Waals surface area contributed by atoms with Crippen LogP contribution in [0.1, 0.15) is 22.2 Å². The predicted molar refractivity (Wildman–Crippen MR) is 108 cm³/mol. The minimum absolute atomic E-state index is 0.276. The highest BCUT2D eigenvalue weighted by Gasteiger charge is 2.26. The van der Waals surface area contributed by atoms with E-state index in [1.165, 1.54) is 11.3 Å². The standard InChI is InChI=1S/C18H19Cl2N3O2S/c1-4-25-8-7-23(3)18-13(10-21)15(16(26-18)17(24)22-2)12-9-11(19)5-6-14(12)20/h5-6,9H,4,7-8H2,1-3H3,(H,22,24). The molecule has 1 aromatic carbocycles. The molecule has 1 heterocycles. The number of nitrogens with zero attached hydrogens (tertiary/aromatic N) is 2. The third kappa shape index (κ3) is 4.30. The number of rotatable bonds is 7. The molecule has 0 spiro atoms. The summed E-state index contributed by atoms with van der Waals surface area (Å²) < 4.78 is 5.39. The summed E-state index contributed by atoms with van der Waals surface area (Å²) in [6.45, 7) is 3.67. The predicted octanol–water partition coefficient (Wildman–Crippen LogP) is 4.43. The maximum atomic E-state index is 12.4. The van der Waals surface area contributed by atoms with E-state index < -0.39 is 0 Å². The van der Waals surface area contributed by atoms with Crippen molar-refractivity contribution in [1.29, 1.82) is 5.26 Å². The highest BCUT2D eigenvalue weighted by Crippen LogP contribution is 2.44. The fourth-order valence-corrected chi connectivity index (χ4v) is 4.04. The number of likely N-dealkylation sites (N-methyl/N-ethyl adjacent to an activating group) is 1. The van der Waals surface area contributed by atoms with Crippen LogP contribution in [0.25, 0.3) is 11.1 Å². The van der Waals surface area contributed by atoms with Crippen LogP contribution >= 0.6 is 34.5 Å². The Morgan fingerprint density at radius 2 is 2.15 bits per heavy atom. The van der Waals surface area contributed by atoms with Gasteiger partial charge in [0.15, 0.2) is 0 Å². The van der Waals surface area contributed by atoms with E-state index in [1.807, 2.05) is 18.9 Å². The molecule has 2 aromatic rings. The van der Waals surface area contributed by atoms with Crippen LogP contribution in [-0.4, -0.2) is 39.8 Å². The molecule has 2 rings (SSSR count). The van der Waals surface area contributed by atoms with Gasteiger partial charge in [0, 0.05) is 48.4 Å². The number of amides is 1.